The van der Waals surface area contributed by atoms with Gasteiger partial charge in [-0.3, -0.25) is 14.5 Å². The number of aliphatic imine (C=N–C) groups is 1. The third-order valence-corrected chi connectivity index (χ3v) is 4.57. The van der Waals surface area contributed by atoms with Crippen molar-refractivity contribution >= 4 is 11.9 Å². The van der Waals surface area contributed by atoms with Crippen LogP contribution in [-0.4, -0.2) is 59.8 Å². The number of carbonyl (C=O) groups excluding carboxylic acids is 1. The molecule has 7 nitrogen and oxygen atoms in total. The molecule has 7 heteroatoms. The van der Waals surface area contributed by atoms with E-state index in [-0.39, 0.29) is 5.91 Å². The first-order chi connectivity index (χ1) is 12.1. The van der Waals surface area contributed by atoms with Crippen molar-refractivity contribution in [2.45, 2.75) is 46.1 Å². The highest BCUT2D eigenvalue weighted by molar-refractivity contribution is 5.80. The summed E-state index contributed by atoms with van der Waals surface area (Å²) in [5.41, 5.74) is 1.19. The van der Waals surface area contributed by atoms with Crippen molar-refractivity contribution in [1.82, 2.24) is 25.3 Å². The Balaban J connectivity index is 1.78. The van der Waals surface area contributed by atoms with Crippen LogP contribution >= 0.6 is 0 Å². The molecule has 0 aromatic carbocycles. The monoisotopic (exact) mass is 348 g/mol. The molecule has 0 atom stereocenters. The summed E-state index contributed by atoms with van der Waals surface area (Å²) < 4.78 is 1.97. The summed E-state index contributed by atoms with van der Waals surface area (Å²) in [5, 5.41) is 10.4. The molecule has 1 aliphatic rings. The van der Waals surface area contributed by atoms with Crippen molar-refractivity contribution in [3.05, 3.63) is 18.0 Å². The summed E-state index contributed by atoms with van der Waals surface area (Å²) in [7, 11) is 1.71. The smallest absolute Gasteiger partial charge is 0.220 e. The minimum Gasteiger partial charge on any atom is -0.359 e. The predicted molar refractivity (Wildman–Crippen MR) is 101 cm³/mol. The van der Waals surface area contributed by atoms with Gasteiger partial charge in [0.15, 0.2) is 5.96 Å². The second kappa shape index (κ2) is 10.1. The van der Waals surface area contributed by atoms with Crippen molar-refractivity contribution in [2.75, 3.05) is 33.2 Å². The first-order valence-electron chi connectivity index (χ1n) is 9.35. The standard InChI is InChI=1S/C18H32N6O/c1-4-20-18(21-8-5-9-24-14-15(2)13-22-24)23-10-6-16(7-11-23)12-17(25)19-3/h13-14,16H,4-12H2,1-3H3,(H,19,25)(H,20,21). The fourth-order valence-corrected chi connectivity index (χ4v) is 3.15. The zero-order chi connectivity index (χ0) is 18.1. The minimum atomic E-state index is 0.146. The molecule has 1 amide bonds. The zero-order valence-corrected chi connectivity index (χ0v) is 15.8. The number of rotatable bonds is 7. The molecule has 140 valence electrons. The van der Waals surface area contributed by atoms with Crippen LogP contribution < -0.4 is 10.6 Å². The van der Waals surface area contributed by atoms with E-state index in [1.807, 2.05) is 10.9 Å². The fourth-order valence-electron chi connectivity index (χ4n) is 3.15. The Bertz CT molecular complexity index is 560. The number of hydrogen-bond acceptors (Lipinski definition) is 3. The van der Waals surface area contributed by atoms with Crippen molar-refractivity contribution in [1.29, 1.82) is 0 Å². The van der Waals surface area contributed by atoms with E-state index < -0.39 is 0 Å². The molecule has 0 radical (unpaired) electrons. The average Bonchev–Trinajstić information content (AvgIpc) is 3.03. The highest BCUT2D eigenvalue weighted by Gasteiger charge is 2.22. The first kappa shape index (κ1) is 19.3. The third kappa shape index (κ3) is 6.40. The quantitative estimate of drug-likeness (QED) is 0.444. The van der Waals surface area contributed by atoms with E-state index in [2.05, 4.69) is 40.7 Å². The van der Waals surface area contributed by atoms with Crippen LogP contribution in [0.15, 0.2) is 17.4 Å². The number of aromatic nitrogens is 2. The van der Waals surface area contributed by atoms with Crippen molar-refractivity contribution < 1.29 is 4.79 Å². The topological polar surface area (TPSA) is 74.5 Å². The summed E-state index contributed by atoms with van der Waals surface area (Å²) >= 11 is 0. The van der Waals surface area contributed by atoms with Crippen LogP contribution in [0.5, 0.6) is 0 Å². The Morgan fingerprint density at radius 3 is 2.76 bits per heavy atom. The molecular formula is C18H32N6O. The zero-order valence-electron chi connectivity index (χ0n) is 15.8. The van der Waals surface area contributed by atoms with Gasteiger partial charge in [-0.15, -0.1) is 0 Å². The van der Waals surface area contributed by atoms with Crippen LogP contribution in [0.2, 0.25) is 0 Å². The van der Waals surface area contributed by atoms with E-state index in [0.717, 1.165) is 57.9 Å². The Kier molecular flexibility index (Phi) is 7.76. The van der Waals surface area contributed by atoms with Crippen LogP contribution in [0.1, 0.15) is 38.2 Å². The average molecular weight is 348 g/mol. The summed E-state index contributed by atoms with van der Waals surface area (Å²) in [4.78, 5) is 18.6. The number of nitrogens with one attached hydrogen (secondary N) is 2. The summed E-state index contributed by atoms with van der Waals surface area (Å²) in [6.07, 6.45) is 7.65. The summed E-state index contributed by atoms with van der Waals surface area (Å²) in [5.74, 6) is 1.63. The van der Waals surface area contributed by atoms with E-state index in [9.17, 15) is 4.79 Å². The van der Waals surface area contributed by atoms with E-state index in [4.69, 9.17) is 4.99 Å². The molecule has 1 saturated heterocycles. The molecule has 2 heterocycles. The first-order valence-corrected chi connectivity index (χ1v) is 9.35. The van der Waals surface area contributed by atoms with Gasteiger partial charge in [0.05, 0.1) is 6.20 Å². The number of guanidine groups is 1. The predicted octanol–water partition coefficient (Wildman–Crippen LogP) is 1.40. The number of piperidine rings is 1. The van der Waals surface area contributed by atoms with Gasteiger partial charge in [-0.2, -0.15) is 5.10 Å². The van der Waals surface area contributed by atoms with Gasteiger partial charge < -0.3 is 15.5 Å². The van der Waals surface area contributed by atoms with Crippen LogP contribution in [0.25, 0.3) is 0 Å². The van der Waals surface area contributed by atoms with E-state index >= 15 is 0 Å². The number of hydrogen-bond donors (Lipinski definition) is 2. The summed E-state index contributed by atoms with van der Waals surface area (Å²) in [6.45, 7) is 8.64. The Morgan fingerprint density at radius 2 is 2.16 bits per heavy atom. The molecular weight excluding hydrogens is 316 g/mol. The Hall–Kier alpha value is -2.05. The normalized spacial score (nSPS) is 16.1. The molecule has 2 N–H and O–H groups in total. The molecule has 0 saturated carbocycles. The summed E-state index contributed by atoms with van der Waals surface area (Å²) in [6, 6.07) is 0. The fraction of sp³-hybridized carbons (Fsp3) is 0.722. The highest BCUT2D eigenvalue weighted by atomic mass is 16.1. The second-order valence-corrected chi connectivity index (χ2v) is 6.68. The number of likely N-dealkylation sites (tertiary alicyclic amines) is 1. The van der Waals surface area contributed by atoms with Gasteiger partial charge in [-0.05, 0) is 44.6 Å². The van der Waals surface area contributed by atoms with Gasteiger partial charge in [-0.1, -0.05) is 0 Å². The molecule has 1 aromatic rings. The molecule has 0 unspecified atom stereocenters. The number of amides is 1. The molecule has 0 spiro atoms. The Morgan fingerprint density at radius 1 is 1.40 bits per heavy atom. The van der Waals surface area contributed by atoms with E-state index in [1.54, 1.807) is 7.05 Å². The van der Waals surface area contributed by atoms with Gasteiger partial charge in [0.1, 0.15) is 0 Å². The molecule has 0 aliphatic carbocycles. The molecule has 1 aromatic heterocycles. The van der Waals surface area contributed by atoms with Gasteiger partial charge in [0, 0.05) is 52.4 Å². The Labute approximate surface area is 150 Å². The van der Waals surface area contributed by atoms with Gasteiger partial charge >= 0.3 is 0 Å². The van der Waals surface area contributed by atoms with Gasteiger partial charge in [-0.25, -0.2) is 0 Å². The maximum Gasteiger partial charge on any atom is 0.220 e. The van der Waals surface area contributed by atoms with Gasteiger partial charge in [0.25, 0.3) is 0 Å². The molecule has 25 heavy (non-hydrogen) atoms. The number of carbonyl (C=O) groups is 1. The lowest BCUT2D eigenvalue weighted by molar-refractivity contribution is -0.121. The maximum absolute atomic E-state index is 11.5. The third-order valence-electron chi connectivity index (χ3n) is 4.57. The number of nitrogens with zero attached hydrogens (tertiary/aromatic N) is 4. The lowest BCUT2D eigenvalue weighted by atomic mass is 9.93. The second-order valence-electron chi connectivity index (χ2n) is 6.68. The molecule has 1 aliphatic heterocycles. The van der Waals surface area contributed by atoms with E-state index in [0.29, 0.717) is 12.3 Å². The lowest BCUT2D eigenvalue weighted by Gasteiger charge is -2.34. The van der Waals surface area contributed by atoms with Crippen molar-refractivity contribution in [3.8, 4) is 0 Å². The van der Waals surface area contributed by atoms with E-state index in [1.165, 1.54) is 5.56 Å². The molecule has 1 fully saturated rings. The van der Waals surface area contributed by atoms with Crippen molar-refractivity contribution in [2.24, 2.45) is 10.9 Å². The molecule has 0 bridgehead atoms. The molecule has 2 rings (SSSR count). The largest absolute Gasteiger partial charge is 0.359 e. The SMILES string of the molecule is CCNC(=NCCCn1cc(C)cn1)N1CCC(CC(=O)NC)CC1. The van der Waals surface area contributed by atoms with Gasteiger partial charge in [0.2, 0.25) is 5.91 Å². The number of aryl methyl sites for hydroxylation is 2. The van der Waals surface area contributed by atoms with Crippen LogP contribution in [0.4, 0.5) is 0 Å². The maximum atomic E-state index is 11.5. The van der Waals surface area contributed by atoms with Crippen LogP contribution in [0.3, 0.4) is 0 Å². The van der Waals surface area contributed by atoms with Crippen molar-refractivity contribution in [3.63, 3.8) is 0 Å². The van der Waals surface area contributed by atoms with Crippen LogP contribution in [-0.2, 0) is 11.3 Å². The van der Waals surface area contributed by atoms with Crippen LogP contribution in [0, 0.1) is 12.8 Å². The highest BCUT2D eigenvalue weighted by Crippen LogP contribution is 2.20. The minimum absolute atomic E-state index is 0.146. The lowest BCUT2D eigenvalue weighted by Crippen LogP contribution is -2.46.